The standard InChI is InChI=1S/C12H14ClF3N2O2/c1-7(19)5-17-6-11(20)18-10-4-8(12(14,15)16)2-3-9(10)13/h2-4,7,17,19H,5-6H2,1H3,(H,18,20)/t7-/m1/s1. The number of benzene rings is 1. The van der Waals surface area contributed by atoms with Crippen LogP contribution >= 0.6 is 11.6 Å². The lowest BCUT2D eigenvalue weighted by Gasteiger charge is -2.12. The summed E-state index contributed by atoms with van der Waals surface area (Å²) in [4.78, 5) is 11.5. The third-order valence-electron chi connectivity index (χ3n) is 2.29. The van der Waals surface area contributed by atoms with Crippen molar-refractivity contribution in [3.8, 4) is 0 Å². The highest BCUT2D eigenvalue weighted by Crippen LogP contribution is 2.33. The summed E-state index contributed by atoms with van der Waals surface area (Å²) in [6.45, 7) is 1.59. The van der Waals surface area contributed by atoms with E-state index >= 15 is 0 Å². The lowest BCUT2D eigenvalue weighted by molar-refractivity contribution is -0.137. The fraction of sp³-hybridized carbons (Fsp3) is 0.417. The molecular weight excluding hydrogens is 297 g/mol. The van der Waals surface area contributed by atoms with Crippen molar-refractivity contribution in [2.75, 3.05) is 18.4 Å². The molecule has 1 rings (SSSR count). The molecule has 0 radical (unpaired) electrons. The molecule has 1 atom stereocenters. The molecule has 112 valence electrons. The van der Waals surface area contributed by atoms with Crippen LogP contribution in [-0.4, -0.2) is 30.2 Å². The van der Waals surface area contributed by atoms with Gasteiger partial charge in [-0.3, -0.25) is 4.79 Å². The zero-order chi connectivity index (χ0) is 15.3. The van der Waals surface area contributed by atoms with Crippen LogP contribution in [0.3, 0.4) is 0 Å². The second-order valence-corrected chi connectivity index (χ2v) is 4.63. The normalized spacial score (nSPS) is 13.1. The van der Waals surface area contributed by atoms with Crippen LogP contribution in [0.2, 0.25) is 5.02 Å². The van der Waals surface area contributed by atoms with Crippen molar-refractivity contribution >= 4 is 23.2 Å². The Hall–Kier alpha value is -1.31. The number of hydrogen-bond acceptors (Lipinski definition) is 3. The molecular formula is C12H14ClF3N2O2. The highest BCUT2D eigenvalue weighted by molar-refractivity contribution is 6.33. The zero-order valence-electron chi connectivity index (χ0n) is 10.6. The maximum absolute atomic E-state index is 12.5. The predicted molar refractivity (Wildman–Crippen MR) is 69.6 cm³/mol. The van der Waals surface area contributed by atoms with Gasteiger partial charge in [0.1, 0.15) is 0 Å². The average molecular weight is 311 g/mol. The molecule has 0 aliphatic rings. The van der Waals surface area contributed by atoms with E-state index in [1.54, 1.807) is 0 Å². The van der Waals surface area contributed by atoms with Gasteiger partial charge in [0.15, 0.2) is 0 Å². The number of alkyl halides is 3. The summed E-state index contributed by atoms with van der Waals surface area (Å²) in [5.41, 5.74) is -1.00. The molecule has 3 N–H and O–H groups in total. The van der Waals surface area contributed by atoms with Gasteiger partial charge in [0.2, 0.25) is 5.91 Å². The number of anilines is 1. The number of amides is 1. The van der Waals surface area contributed by atoms with Gasteiger partial charge in [-0.25, -0.2) is 0 Å². The van der Waals surface area contributed by atoms with Crippen LogP contribution in [0.25, 0.3) is 0 Å². The summed E-state index contributed by atoms with van der Waals surface area (Å²) < 4.78 is 37.6. The molecule has 8 heteroatoms. The predicted octanol–water partition coefficient (Wildman–Crippen LogP) is 2.27. The topological polar surface area (TPSA) is 61.4 Å². The third kappa shape index (κ3) is 5.36. The summed E-state index contributed by atoms with van der Waals surface area (Å²) in [5.74, 6) is -0.549. The first-order valence-corrected chi connectivity index (χ1v) is 6.13. The van der Waals surface area contributed by atoms with Gasteiger partial charge < -0.3 is 15.7 Å². The molecule has 1 aromatic carbocycles. The van der Waals surface area contributed by atoms with Crippen LogP contribution in [0.1, 0.15) is 12.5 Å². The third-order valence-corrected chi connectivity index (χ3v) is 2.62. The number of aliphatic hydroxyl groups excluding tert-OH is 1. The largest absolute Gasteiger partial charge is 0.416 e. The van der Waals surface area contributed by atoms with Gasteiger partial charge in [-0.2, -0.15) is 13.2 Å². The summed E-state index contributed by atoms with van der Waals surface area (Å²) in [5, 5.41) is 13.9. The van der Waals surface area contributed by atoms with E-state index in [0.29, 0.717) is 0 Å². The number of carbonyl (C=O) groups excluding carboxylic acids is 1. The number of rotatable bonds is 5. The first-order chi connectivity index (χ1) is 9.20. The number of carbonyl (C=O) groups is 1. The van der Waals surface area contributed by atoms with Crippen molar-refractivity contribution in [2.24, 2.45) is 0 Å². The zero-order valence-corrected chi connectivity index (χ0v) is 11.3. The SMILES string of the molecule is C[C@@H](O)CNCC(=O)Nc1cc(C(F)(F)F)ccc1Cl. The summed E-state index contributed by atoms with van der Waals surface area (Å²) >= 11 is 5.73. The lowest BCUT2D eigenvalue weighted by atomic mass is 10.2. The van der Waals surface area contributed by atoms with Gasteiger partial charge in [-0.1, -0.05) is 11.6 Å². The van der Waals surface area contributed by atoms with Crippen molar-refractivity contribution in [3.63, 3.8) is 0 Å². The molecule has 0 aromatic heterocycles. The molecule has 1 amide bonds. The van der Waals surface area contributed by atoms with Crippen molar-refractivity contribution in [2.45, 2.75) is 19.2 Å². The quantitative estimate of drug-likeness (QED) is 0.782. The molecule has 0 spiro atoms. The minimum atomic E-state index is -4.51. The molecule has 0 bridgehead atoms. The highest BCUT2D eigenvalue weighted by Gasteiger charge is 2.31. The Bertz CT molecular complexity index is 478. The molecule has 0 unspecified atom stereocenters. The number of aliphatic hydroxyl groups is 1. The Balaban J connectivity index is 2.69. The van der Waals surface area contributed by atoms with Crippen LogP contribution in [0.15, 0.2) is 18.2 Å². The van der Waals surface area contributed by atoms with E-state index in [1.165, 1.54) is 6.92 Å². The Labute approximate surface area is 118 Å². The molecule has 0 aliphatic heterocycles. The van der Waals surface area contributed by atoms with Crippen LogP contribution < -0.4 is 10.6 Å². The van der Waals surface area contributed by atoms with Crippen molar-refractivity contribution < 1.29 is 23.1 Å². The van der Waals surface area contributed by atoms with Gasteiger partial charge in [-0.05, 0) is 25.1 Å². The van der Waals surface area contributed by atoms with E-state index in [9.17, 15) is 18.0 Å². The van der Waals surface area contributed by atoms with Crippen molar-refractivity contribution in [1.82, 2.24) is 5.32 Å². The number of nitrogens with one attached hydrogen (secondary N) is 2. The monoisotopic (exact) mass is 310 g/mol. The molecule has 0 saturated heterocycles. The summed E-state index contributed by atoms with van der Waals surface area (Å²) in [6, 6.07) is 2.68. The Kier molecular flexibility index (Phi) is 5.79. The maximum Gasteiger partial charge on any atom is 0.416 e. The fourth-order valence-electron chi connectivity index (χ4n) is 1.39. The second-order valence-electron chi connectivity index (χ2n) is 4.22. The van der Waals surface area contributed by atoms with Crippen LogP contribution in [0.4, 0.5) is 18.9 Å². The van der Waals surface area contributed by atoms with Crippen LogP contribution in [0.5, 0.6) is 0 Å². The van der Waals surface area contributed by atoms with Gasteiger partial charge in [-0.15, -0.1) is 0 Å². The van der Waals surface area contributed by atoms with Crippen LogP contribution in [-0.2, 0) is 11.0 Å². The summed E-state index contributed by atoms with van der Waals surface area (Å²) in [7, 11) is 0. The molecule has 20 heavy (non-hydrogen) atoms. The molecule has 0 fully saturated rings. The molecule has 0 heterocycles. The van der Waals surface area contributed by atoms with Gasteiger partial charge in [0, 0.05) is 6.54 Å². The smallest absolute Gasteiger partial charge is 0.392 e. The maximum atomic E-state index is 12.5. The Morgan fingerprint density at radius 3 is 2.65 bits per heavy atom. The minimum Gasteiger partial charge on any atom is -0.392 e. The van der Waals surface area contributed by atoms with Gasteiger partial charge in [0.25, 0.3) is 0 Å². The Morgan fingerprint density at radius 1 is 1.45 bits per heavy atom. The van der Waals surface area contributed by atoms with E-state index in [-0.39, 0.29) is 23.8 Å². The lowest BCUT2D eigenvalue weighted by Crippen LogP contribution is -2.32. The van der Waals surface area contributed by atoms with E-state index in [1.807, 2.05) is 0 Å². The molecule has 1 aromatic rings. The first kappa shape index (κ1) is 16.7. The van der Waals surface area contributed by atoms with E-state index in [4.69, 9.17) is 16.7 Å². The van der Waals surface area contributed by atoms with Crippen molar-refractivity contribution in [3.05, 3.63) is 28.8 Å². The highest BCUT2D eigenvalue weighted by atomic mass is 35.5. The number of hydrogen-bond donors (Lipinski definition) is 3. The second kappa shape index (κ2) is 6.92. The minimum absolute atomic E-state index is 0.0156. The van der Waals surface area contributed by atoms with Crippen molar-refractivity contribution in [1.29, 1.82) is 0 Å². The summed E-state index contributed by atoms with van der Waals surface area (Å²) in [6.07, 6.45) is -5.13. The number of halogens is 4. The van der Waals surface area contributed by atoms with Gasteiger partial charge in [0.05, 0.1) is 28.9 Å². The van der Waals surface area contributed by atoms with E-state index < -0.39 is 23.8 Å². The fourth-order valence-corrected chi connectivity index (χ4v) is 1.55. The van der Waals surface area contributed by atoms with E-state index in [2.05, 4.69) is 10.6 Å². The Morgan fingerprint density at radius 2 is 2.10 bits per heavy atom. The van der Waals surface area contributed by atoms with Gasteiger partial charge >= 0.3 is 6.18 Å². The van der Waals surface area contributed by atoms with Crippen LogP contribution in [0, 0.1) is 0 Å². The first-order valence-electron chi connectivity index (χ1n) is 5.75. The average Bonchev–Trinajstić information content (AvgIpc) is 2.30. The molecule has 4 nitrogen and oxygen atoms in total. The molecule has 0 saturated carbocycles. The molecule has 0 aliphatic carbocycles. The van der Waals surface area contributed by atoms with E-state index in [0.717, 1.165) is 18.2 Å².